The molecule has 2 aromatic heterocycles. The Hall–Kier alpha value is -2.19. The van der Waals surface area contributed by atoms with Crippen LogP contribution < -0.4 is 11.3 Å². The summed E-state index contributed by atoms with van der Waals surface area (Å²) in [5.74, 6) is 5.34. The molecule has 3 aromatic rings. The Balaban J connectivity index is 2.03. The maximum absolute atomic E-state index is 12.9. The standard InChI is InChI=1S/C11H9FN6S/c12-6-1-3-7(4-2-6)19-10-8-5-14-18-9(8)15-11(16-10)17-13/h1-5H,13H2,(H2,14,15,16,17,18). The molecule has 8 heteroatoms. The summed E-state index contributed by atoms with van der Waals surface area (Å²) < 4.78 is 12.9. The number of nitrogen functional groups attached to an aromatic ring is 1. The molecule has 0 saturated heterocycles. The van der Waals surface area contributed by atoms with Crippen molar-refractivity contribution >= 4 is 28.7 Å². The Morgan fingerprint density at radius 3 is 2.74 bits per heavy atom. The molecule has 0 aliphatic carbocycles. The molecule has 0 amide bonds. The molecule has 6 nitrogen and oxygen atoms in total. The average molecular weight is 276 g/mol. The van der Waals surface area contributed by atoms with Gasteiger partial charge in [0.1, 0.15) is 10.8 Å². The van der Waals surface area contributed by atoms with Gasteiger partial charge in [0.05, 0.1) is 11.6 Å². The fourth-order valence-corrected chi connectivity index (χ4v) is 2.45. The van der Waals surface area contributed by atoms with E-state index >= 15 is 0 Å². The highest BCUT2D eigenvalue weighted by atomic mass is 32.2. The lowest BCUT2D eigenvalue weighted by molar-refractivity contribution is 0.626. The van der Waals surface area contributed by atoms with Gasteiger partial charge in [-0.15, -0.1) is 0 Å². The molecule has 0 spiro atoms. The van der Waals surface area contributed by atoms with Crippen molar-refractivity contribution in [3.8, 4) is 0 Å². The third-order valence-corrected chi connectivity index (χ3v) is 3.44. The van der Waals surface area contributed by atoms with E-state index in [1.807, 2.05) is 0 Å². The number of nitrogens with two attached hydrogens (primary N) is 1. The molecule has 0 aliphatic rings. The van der Waals surface area contributed by atoms with E-state index in [0.717, 1.165) is 10.3 Å². The van der Waals surface area contributed by atoms with Crippen molar-refractivity contribution in [3.05, 3.63) is 36.3 Å². The third kappa shape index (κ3) is 2.35. The van der Waals surface area contributed by atoms with E-state index < -0.39 is 0 Å². The lowest BCUT2D eigenvalue weighted by atomic mass is 10.4. The van der Waals surface area contributed by atoms with Crippen molar-refractivity contribution in [2.24, 2.45) is 5.84 Å². The number of anilines is 1. The molecule has 0 radical (unpaired) electrons. The van der Waals surface area contributed by atoms with E-state index in [1.165, 1.54) is 23.9 Å². The molecule has 0 aliphatic heterocycles. The van der Waals surface area contributed by atoms with Crippen LogP contribution in [0.1, 0.15) is 0 Å². The van der Waals surface area contributed by atoms with Gasteiger partial charge in [0.25, 0.3) is 0 Å². The molecular formula is C11H9FN6S. The molecule has 3 rings (SSSR count). The molecule has 0 fully saturated rings. The van der Waals surface area contributed by atoms with Gasteiger partial charge < -0.3 is 0 Å². The number of aromatic amines is 1. The second-order valence-corrected chi connectivity index (χ2v) is 4.75. The first kappa shape index (κ1) is 11.9. The number of aromatic nitrogens is 4. The number of hydrazine groups is 1. The minimum absolute atomic E-state index is 0.273. The number of H-pyrrole nitrogens is 1. The van der Waals surface area contributed by atoms with Crippen LogP contribution in [-0.2, 0) is 0 Å². The summed E-state index contributed by atoms with van der Waals surface area (Å²) in [5.41, 5.74) is 2.99. The van der Waals surface area contributed by atoms with Gasteiger partial charge in [0, 0.05) is 4.90 Å². The molecule has 0 unspecified atom stereocenters. The van der Waals surface area contributed by atoms with Crippen molar-refractivity contribution in [2.75, 3.05) is 5.43 Å². The van der Waals surface area contributed by atoms with E-state index in [4.69, 9.17) is 5.84 Å². The Kier molecular flexibility index (Phi) is 3.02. The summed E-state index contributed by atoms with van der Waals surface area (Å²) in [7, 11) is 0. The number of hydrogen-bond donors (Lipinski definition) is 3. The minimum atomic E-state index is -0.273. The zero-order valence-electron chi connectivity index (χ0n) is 9.59. The van der Waals surface area contributed by atoms with E-state index in [2.05, 4.69) is 25.6 Å². The van der Waals surface area contributed by atoms with Crippen LogP contribution in [0.4, 0.5) is 10.3 Å². The topological polar surface area (TPSA) is 92.5 Å². The monoisotopic (exact) mass is 276 g/mol. The van der Waals surface area contributed by atoms with Crippen LogP contribution in [0.2, 0.25) is 0 Å². The Morgan fingerprint density at radius 1 is 1.21 bits per heavy atom. The van der Waals surface area contributed by atoms with Crippen molar-refractivity contribution in [2.45, 2.75) is 9.92 Å². The molecular weight excluding hydrogens is 267 g/mol. The van der Waals surface area contributed by atoms with E-state index in [1.54, 1.807) is 18.3 Å². The highest BCUT2D eigenvalue weighted by Gasteiger charge is 2.10. The van der Waals surface area contributed by atoms with Gasteiger partial charge in [-0.05, 0) is 24.3 Å². The molecule has 96 valence electrons. The SMILES string of the molecule is NNc1nc(Sc2ccc(F)cc2)c2cn[nH]c2n1. The summed E-state index contributed by atoms with van der Waals surface area (Å²) >= 11 is 1.39. The normalized spacial score (nSPS) is 10.8. The second kappa shape index (κ2) is 4.82. The number of nitrogens with zero attached hydrogens (tertiary/aromatic N) is 3. The lowest BCUT2D eigenvalue weighted by Crippen LogP contribution is -2.10. The van der Waals surface area contributed by atoms with Crippen molar-refractivity contribution in [1.82, 2.24) is 20.2 Å². The quantitative estimate of drug-likeness (QED) is 0.384. The Bertz CT molecular complexity index is 711. The van der Waals surface area contributed by atoms with Crippen LogP contribution in [0.15, 0.2) is 40.4 Å². The zero-order valence-corrected chi connectivity index (χ0v) is 10.4. The fourth-order valence-electron chi connectivity index (χ4n) is 1.56. The third-order valence-electron chi connectivity index (χ3n) is 2.43. The van der Waals surface area contributed by atoms with Gasteiger partial charge in [-0.2, -0.15) is 10.1 Å². The molecule has 0 saturated carbocycles. The van der Waals surface area contributed by atoms with Crippen LogP contribution in [0.25, 0.3) is 11.0 Å². The summed E-state index contributed by atoms with van der Waals surface area (Å²) in [6.07, 6.45) is 1.64. The molecule has 0 atom stereocenters. The van der Waals surface area contributed by atoms with Crippen LogP contribution in [-0.4, -0.2) is 20.2 Å². The highest BCUT2D eigenvalue weighted by Crippen LogP contribution is 2.31. The molecule has 1 aromatic carbocycles. The van der Waals surface area contributed by atoms with E-state index in [0.29, 0.717) is 16.6 Å². The predicted molar refractivity (Wildman–Crippen MR) is 70.0 cm³/mol. The van der Waals surface area contributed by atoms with Gasteiger partial charge in [-0.25, -0.2) is 15.2 Å². The minimum Gasteiger partial charge on any atom is -0.292 e. The van der Waals surface area contributed by atoms with E-state index in [-0.39, 0.29) is 5.82 Å². The first-order valence-corrected chi connectivity index (χ1v) is 6.19. The molecule has 4 N–H and O–H groups in total. The number of hydrogen-bond acceptors (Lipinski definition) is 6. The fraction of sp³-hybridized carbons (Fsp3) is 0. The van der Waals surface area contributed by atoms with Gasteiger partial charge in [-0.1, -0.05) is 11.8 Å². The van der Waals surface area contributed by atoms with Gasteiger partial charge in [0.2, 0.25) is 5.95 Å². The predicted octanol–water partition coefficient (Wildman–Crippen LogP) is 1.93. The smallest absolute Gasteiger partial charge is 0.240 e. The number of nitrogens with one attached hydrogen (secondary N) is 2. The Morgan fingerprint density at radius 2 is 2.00 bits per heavy atom. The van der Waals surface area contributed by atoms with Crippen LogP contribution in [0.3, 0.4) is 0 Å². The van der Waals surface area contributed by atoms with Crippen molar-refractivity contribution in [3.63, 3.8) is 0 Å². The van der Waals surface area contributed by atoms with Crippen LogP contribution in [0.5, 0.6) is 0 Å². The largest absolute Gasteiger partial charge is 0.292 e. The molecule has 2 heterocycles. The number of fused-ring (bicyclic) bond motifs is 1. The molecule has 19 heavy (non-hydrogen) atoms. The van der Waals surface area contributed by atoms with Gasteiger partial charge in [0.15, 0.2) is 5.65 Å². The average Bonchev–Trinajstić information content (AvgIpc) is 2.89. The van der Waals surface area contributed by atoms with Gasteiger partial charge in [-0.3, -0.25) is 10.5 Å². The molecule has 0 bridgehead atoms. The van der Waals surface area contributed by atoms with Crippen molar-refractivity contribution < 1.29 is 4.39 Å². The highest BCUT2D eigenvalue weighted by molar-refractivity contribution is 7.99. The number of benzene rings is 1. The summed E-state index contributed by atoms with van der Waals surface area (Å²) in [5, 5.41) is 8.16. The van der Waals surface area contributed by atoms with Gasteiger partial charge >= 0.3 is 0 Å². The van der Waals surface area contributed by atoms with Crippen LogP contribution in [0, 0.1) is 5.82 Å². The number of rotatable bonds is 3. The van der Waals surface area contributed by atoms with Crippen LogP contribution >= 0.6 is 11.8 Å². The first-order valence-electron chi connectivity index (χ1n) is 5.37. The summed E-state index contributed by atoms with van der Waals surface area (Å²) in [6.45, 7) is 0. The number of halogens is 1. The first-order chi connectivity index (χ1) is 9.26. The second-order valence-electron chi connectivity index (χ2n) is 3.68. The van der Waals surface area contributed by atoms with Crippen molar-refractivity contribution in [1.29, 1.82) is 0 Å². The maximum Gasteiger partial charge on any atom is 0.240 e. The lowest BCUT2D eigenvalue weighted by Gasteiger charge is -2.04. The summed E-state index contributed by atoms with van der Waals surface area (Å²) in [6, 6.07) is 6.17. The zero-order chi connectivity index (χ0) is 13.2. The summed E-state index contributed by atoms with van der Waals surface area (Å²) in [4.78, 5) is 9.27. The maximum atomic E-state index is 12.9. The van der Waals surface area contributed by atoms with E-state index in [9.17, 15) is 4.39 Å². The Labute approximate surface area is 111 Å².